The molecule has 0 saturated heterocycles. The number of hydrogen-bond donors (Lipinski definition) is 0. The minimum absolute atomic E-state index is 0.690. The molecule has 3 rings (SSSR count). The van der Waals surface area contributed by atoms with Crippen molar-refractivity contribution in [1.29, 1.82) is 0 Å². The summed E-state index contributed by atoms with van der Waals surface area (Å²) in [4.78, 5) is 13.4. The van der Waals surface area contributed by atoms with E-state index in [9.17, 15) is 0 Å². The van der Waals surface area contributed by atoms with Crippen LogP contribution in [0, 0.1) is 13.8 Å². The highest BCUT2D eigenvalue weighted by molar-refractivity contribution is 5.63. The molecule has 0 aliphatic rings. The van der Waals surface area contributed by atoms with Crippen LogP contribution < -0.4 is 9.80 Å². The quantitative estimate of drug-likeness (QED) is 0.507. The molecule has 0 spiro atoms. The van der Waals surface area contributed by atoms with Crippen LogP contribution in [0.15, 0.2) is 60.7 Å². The van der Waals surface area contributed by atoms with Gasteiger partial charge in [-0.15, -0.1) is 0 Å². The molecule has 0 amide bonds. The Labute approximate surface area is 170 Å². The van der Waals surface area contributed by atoms with E-state index in [1.54, 1.807) is 0 Å². The third-order valence-corrected chi connectivity index (χ3v) is 4.04. The largest absolute Gasteiger partial charge is 0.329 e. The first-order valence-corrected chi connectivity index (χ1v) is 9.99. The van der Waals surface area contributed by atoms with Crippen molar-refractivity contribution in [3.05, 3.63) is 71.9 Å². The number of aryl methyl sites for hydroxylation is 2. The van der Waals surface area contributed by atoms with E-state index in [1.807, 2.05) is 77.9 Å². The first-order valence-electron chi connectivity index (χ1n) is 9.99. The molecule has 0 bridgehead atoms. The Kier molecular flexibility index (Phi) is 9.72. The zero-order chi connectivity index (χ0) is 21.1. The van der Waals surface area contributed by atoms with Gasteiger partial charge >= 0.3 is 0 Å². The molecular formula is C24H34N4. The fourth-order valence-electron chi connectivity index (χ4n) is 2.53. The third kappa shape index (κ3) is 6.08. The number of aromatic nitrogens is 2. The van der Waals surface area contributed by atoms with Crippen molar-refractivity contribution < 1.29 is 0 Å². The summed E-state index contributed by atoms with van der Waals surface area (Å²) >= 11 is 0. The highest BCUT2D eigenvalue weighted by Crippen LogP contribution is 2.26. The maximum atomic E-state index is 4.75. The second kappa shape index (κ2) is 11.8. The SMILES string of the molecule is CC.CC.Cc1ccc(N(C)c2cc(C)nc(N(C)c3ccccc3)n2)cc1. The molecule has 4 heteroatoms. The van der Waals surface area contributed by atoms with Gasteiger partial charge in [-0.2, -0.15) is 4.98 Å². The van der Waals surface area contributed by atoms with Crippen LogP contribution in [0.4, 0.5) is 23.1 Å². The monoisotopic (exact) mass is 378 g/mol. The van der Waals surface area contributed by atoms with Crippen molar-refractivity contribution in [2.24, 2.45) is 0 Å². The lowest BCUT2D eigenvalue weighted by molar-refractivity contribution is 0.990. The fraction of sp³-hybridized carbons (Fsp3) is 0.333. The lowest BCUT2D eigenvalue weighted by atomic mass is 10.2. The summed E-state index contributed by atoms with van der Waals surface area (Å²) in [7, 11) is 4.01. The topological polar surface area (TPSA) is 32.3 Å². The van der Waals surface area contributed by atoms with Crippen LogP contribution in [0.2, 0.25) is 0 Å². The first kappa shape index (κ1) is 23.2. The number of rotatable bonds is 4. The van der Waals surface area contributed by atoms with Crippen molar-refractivity contribution in [3.63, 3.8) is 0 Å². The van der Waals surface area contributed by atoms with E-state index < -0.39 is 0 Å². The second-order valence-electron chi connectivity index (χ2n) is 5.96. The number of para-hydroxylation sites is 1. The molecule has 0 atom stereocenters. The van der Waals surface area contributed by atoms with Gasteiger partial charge in [0, 0.05) is 37.2 Å². The van der Waals surface area contributed by atoms with Crippen LogP contribution in [-0.4, -0.2) is 24.1 Å². The molecule has 2 aromatic carbocycles. The molecule has 0 radical (unpaired) electrons. The average Bonchev–Trinajstić information content (AvgIpc) is 2.76. The maximum absolute atomic E-state index is 4.75. The number of hydrogen-bond acceptors (Lipinski definition) is 4. The van der Waals surface area contributed by atoms with E-state index in [-0.39, 0.29) is 0 Å². The van der Waals surface area contributed by atoms with Crippen molar-refractivity contribution >= 4 is 23.1 Å². The molecule has 28 heavy (non-hydrogen) atoms. The van der Waals surface area contributed by atoms with Crippen LogP contribution in [0.25, 0.3) is 0 Å². The maximum Gasteiger partial charge on any atom is 0.231 e. The Balaban J connectivity index is 0.000000921. The van der Waals surface area contributed by atoms with Crippen molar-refractivity contribution in [2.75, 3.05) is 23.9 Å². The van der Waals surface area contributed by atoms with Gasteiger partial charge in [0.1, 0.15) is 5.82 Å². The lowest BCUT2D eigenvalue weighted by Gasteiger charge is -2.22. The minimum atomic E-state index is 0.690. The second-order valence-corrected chi connectivity index (χ2v) is 5.96. The van der Waals surface area contributed by atoms with Crippen LogP contribution >= 0.6 is 0 Å². The van der Waals surface area contributed by atoms with Gasteiger partial charge in [0.05, 0.1) is 0 Å². The van der Waals surface area contributed by atoms with Crippen molar-refractivity contribution in [1.82, 2.24) is 9.97 Å². The van der Waals surface area contributed by atoms with Gasteiger partial charge in [0.2, 0.25) is 5.95 Å². The van der Waals surface area contributed by atoms with Crippen LogP contribution in [0.5, 0.6) is 0 Å². The molecule has 0 N–H and O–H groups in total. The summed E-state index contributed by atoms with van der Waals surface area (Å²) < 4.78 is 0. The van der Waals surface area contributed by atoms with Crippen LogP contribution in [0.3, 0.4) is 0 Å². The van der Waals surface area contributed by atoms with E-state index in [0.717, 1.165) is 22.9 Å². The Morgan fingerprint density at radius 3 is 1.75 bits per heavy atom. The minimum Gasteiger partial charge on any atom is -0.329 e. The first-order chi connectivity index (χ1) is 13.5. The molecule has 0 aliphatic carbocycles. The van der Waals surface area contributed by atoms with Gasteiger partial charge in [-0.25, -0.2) is 4.98 Å². The molecule has 0 aliphatic heterocycles. The Morgan fingerprint density at radius 1 is 0.643 bits per heavy atom. The van der Waals surface area contributed by atoms with E-state index in [0.29, 0.717) is 5.95 Å². The summed E-state index contributed by atoms with van der Waals surface area (Å²) in [6.45, 7) is 12.1. The molecule has 0 fully saturated rings. The molecule has 150 valence electrons. The van der Waals surface area contributed by atoms with E-state index in [4.69, 9.17) is 4.98 Å². The summed E-state index contributed by atoms with van der Waals surface area (Å²) in [5.41, 5.74) is 4.35. The highest BCUT2D eigenvalue weighted by Gasteiger charge is 2.12. The van der Waals surface area contributed by atoms with E-state index in [1.165, 1.54) is 5.56 Å². The summed E-state index contributed by atoms with van der Waals surface area (Å²) in [5, 5.41) is 0. The smallest absolute Gasteiger partial charge is 0.231 e. The van der Waals surface area contributed by atoms with E-state index in [2.05, 4.69) is 53.2 Å². The van der Waals surface area contributed by atoms with Gasteiger partial charge in [-0.3, -0.25) is 0 Å². The average molecular weight is 379 g/mol. The molecule has 1 heterocycles. The van der Waals surface area contributed by atoms with Crippen LogP contribution in [0.1, 0.15) is 39.0 Å². The van der Waals surface area contributed by atoms with E-state index >= 15 is 0 Å². The predicted molar refractivity (Wildman–Crippen MR) is 123 cm³/mol. The molecule has 4 nitrogen and oxygen atoms in total. The highest BCUT2D eigenvalue weighted by atomic mass is 15.3. The predicted octanol–water partition coefficient (Wildman–Crippen LogP) is 6.68. The van der Waals surface area contributed by atoms with Gasteiger partial charge in [0.15, 0.2) is 0 Å². The van der Waals surface area contributed by atoms with Gasteiger partial charge in [-0.05, 0) is 38.1 Å². The van der Waals surface area contributed by atoms with Crippen molar-refractivity contribution in [2.45, 2.75) is 41.5 Å². The van der Waals surface area contributed by atoms with Gasteiger partial charge in [-0.1, -0.05) is 63.6 Å². The number of benzene rings is 2. The molecule has 1 aromatic heterocycles. The number of nitrogens with zero attached hydrogens (tertiary/aromatic N) is 4. The standard InChI is InChI=1S/C20H22N4.2C2H6/c1-15-10-12-18(13-11-15)23(3)19-14-16(2)21-20(22-19)24(4)17-8-6-5-7-9-17;2*1-2/h5-14H,1-4H3;2*1-2H3. The molecule has 0 saturated carbocycles. The summed E-state index contributed by atoms with van der Waals surface area (Å²) in [6, 6.07) is 20.6. The van der Waals surface area contributed by atoms with Gasteiger partial charge < -0.3 is 9.80 Å². The van der Waals surface area contributed by atoms with Gasteiger partial charge in [0.25, 0.3) is 0 Å². The van der Waals surface area contributed by atoms with Crippen LogP contribution in [-0.2, 0) is 0 Å². The summed E-state index contributed by atoms with van der Waals surface area (Å²) in [5.74, 6) is 1.57. The molecule has 3 aromatic rings. The zero-order valence-electron chi connectivity index (χ0n) is 18.6. The summed E-state index contributed by atoms with van der Waals surface area (Å²) in [6.07, 6.45) is 0. The number of anilines is 4. The fourth-order valence-corrected chi connectivity index (χ4v) is 2.53. The Bertz CT molecular complexity index is 814. The molecular weight excluding hydrogens is 344 g/mol. The lowest BCUT2D eigenvalue weighted by Crippen LogP contribution is -2.17. The molecule has 0 unspecified atom stereocenters. The van der Waals surface area contributed by atoms with Crippen molar-refractivity contribution in [3.8, 4) is 0 Å². The Morgan fingerprint density at radius 2 is 1.18 bits per heavy atom. The zero-order valence-corrected chi connectivity index (χ0v) is 18.6. The normalized spacial score (nSPS) is 9.43. The third-order valence-electron chi connectivity index (χ3n) is 4.04. The Hall–Kier alpha value is -2.88.